The zero-order chi connectivity index (χ0) is 27.7. The van der Waals surface area contributed by atoms with Crippen molar-refractivity contribution >= 4 is 50.5 Å². The molecule has 0 bridgehead atoms. The number of hydrogen-bond donors (Lipinski definition) is 2. The Balaban J connectivity index is 1.60. The number of methoxy groups -OCH3 is 1. The van der Waals surface area contributed by atoms with Crippen molar-refractivity contribution in [1.82, 2.24) is 14.9 Å². The molecule has 2 aromatic heterocycles. The number of aromatic nitrogens is 2. The van der Waals surface area contributed by atoms with Gasteiger partial charge < -0.3 is 24.8 Å². The molecule has 2 N–H and O–H groups in total. The molecule has 3 heterocycles. The van der Waals surface area contributed by atoms with Crippen molar-refractivity contribution in [2.75, 3.05) is 17.3 Å². The monoisotopic (exact) mass is 603 g/mol. The first-order valence-corrected chi connectivity index (χ1v) is 13.8. The van der Waals surface area contributed by atoms with Crippen molar-refractivity contribution in [3.63, 3.8) is 0 Å². The zero-order valence-electron chi connectivity index (χ0n) is 22.2. The molecule has 200 valence electrons. The van der Waals surface area contributed by atoms with Crippen molar-refractivity contribution < 1.29 is 9.53 Å². The molecule has 9 heteroatoms. The summed E-state index contributed by atoms with van der Waals surface area (Å²) in [7, 11) is 1.60. The Morgan fingerprint density at radius 3 is 2.46 bits per heavy atom. The first kappa shape index (κ1) is 26.9. The number of carbonyl (C=O) groups excluding carboxylic acids is 1. The number of amides is 1. The number of nitrogens with one attached hydrogen (secondary N) is 2. The molecule has 0 saturated carbocycles. The fraction of sp³-hybridized carbons (Fsp3) is 0.233. The molecule has 4 aromatic rings. The van der Waals surface area contributed by atoms with Crippen LogP contribution in [-0.2, 0) is 4.79 Å². The van der Waals surface area contributed by atoms with E-state index in [1.165, 1.54) is 0 Å². The summed E-state index contributed by atoms with van der Waals surface area (Å²) in [6, 6.07) is 23.6. The van der Waals surface area contributed by atoms with Crippen LogP contribution in [-0.4, -0.2) is 27.7 Å². The summed E-state index contributed by atoms with van der Waals surface area (Å²) in [5.41, 5.74) is 3.87. The highest BCUT2D eigenvalue weighted by Crippen LogP contribution is 2.44. The maximum atomic E-state index is 12.7. The molecule has 1 aliphatic rings. The van der Waals surface area contributed by atoms with E-state index in [-0.39, 0.29) is 18.0 Å². The predicted molar refractivity (Wildman–Crippen MR) is 162 cm³/mol. The van der Waals surface area contributed by atoms with Gasteiger partial charge in [0.15, 0.2) is 5.11 Å². The van der Waals surface area contributed by atoms with Crippen LogP contribution in [0.15, 0.2) is 89.7 Å². The largest absolute Gasteiger partial charge is 0.494 e. The van der Waals surface area contributed by atoms with Crippen LogP contribution in [0, 0.1) is 5.41 Å². The van der Waals surface area contributed by atoms with Gasteiger partial charge in [0.05, 0.1) is 24.5 Å². The van der Waals surface area contributed by atoms with Gasteiger partial charge in [-0.15, -0.1) is 0 Å². The number of halogens is 1. The maximum absolute atomic E-state index is 12.7. The quantitative estimate of drug-likeness (QED) is 0.236. The van der Waals surface area contributed by atoms with E-state index >= 15 is 0 Å². The average Bonchev–Trinajstić information content (AvgIpc) is 3.53. The highest BCUT2D eigenvalue weighted by Gasteiger charge is 2.42. The van der Waals surface area contributed by atoms with Crippen molar-refractivity contribution in [2.45, 2.75) is 32.9 Å². The van der Waals surface area contributed by atoms with Gasteiger partial charge in [-0.2, -0.15) is 0 Å². The first-order valence-electron chi connectivity index (χ1n) is 12.6. The smallest absolute Gasteiger partial charge is 0.229 e. The fourth-order valence-electron chi connectivity index (χ4n) is 4.65. The van der Waals surface area contributed by atoms with Gasteiger partial charge in [-0.25, -0.2) is 0 Å². The summed E-state index contributed by atoms with van der Waals surface area (Å²) in [6.07, 6.45) is 3.85. The van der Waals surface area contributed by atoms with Crippen LogP contribution < -0.4 is 20.3 Å². The molecule has 1 aliphatic heterocycles. The van der Waals surface area contributed by atoms with Gasteiger partial charge in [-0.1, -0.05) is 42.8 Å². The summed E-state index contributed by atoms with van der Waals surface area (Å²) in [6.45, 7) is 5.63. The normalized spacial score (nSPS) is 17.2. The van der Waals surface area contributed by atoms with Gasteiger partial charge in [0.25, 0.3) is 0 Å². The Bertz CT molecular complexity index is 1500. The number of anilines is 2. The third-order valence-electron chi connectivity index (χ3n) is 6.68. The molecule has 1 saturated heterocycles. The Labute approximate surface area is 242 Å². The number of nitrogens with zero attached hydrogens (tertiary/aromatic N) is 3. The lowest BCUT2D eigenvalue weighted by atomic mass is 9.95. The van der Waals surface area contributed by atoms with Gasteiger partial charge in [0.2, 0.25) is 5.91 Å². The van der Waals surface area contributed by atoms with E-state index < -0.39 is 5.41 Å². The summed E-state index contributed by atoms with van der Waals surface area (Å²) >= 11 is 9.46. The van der Waals surface area contributed by atoms with Gasteiger partial charge in [-0.05, 0) is 72.9 Å². The number of thiocarbonyl (C=S) groups is 1. The first-order chi connectivity index (χ1) is 18.7. The van der Waals surface area contributed by atoms with Crippen molar-refractivity contribution in [3.8, 4) is 11.4 Å². The summed E-state index contributed by atoms with van der Waals surface area (Å²) < 4.78 is 8.90. The van der Waals surface area contributed by atoms with E-state index in [4.69, 9.17) is 17.0 Å². The van der Waals surface area contributed by atoms with Crippen molar-refractivity contribution in [3.05, 3.63) is 101 Å². The van der Waals surface area contributed by atoms with E-state index in [0.29, 0.717) is 16.5 Å². The van der Waals surface area contributed by atoms with Crippen LogP contribution in [0.25, 0.3) is 5.69 Å². The molecule has 39 heavy (non-hydrogen) atoms. The SMILES string of the molecule is COc1cc(N2C(=S)N[C@H](c3ccccn3)[C@H]2c2cccn2-c2ccc(Br)cc2)ccc1NC(=O)C(C)(C)C. The molecule has 0 spiro atoms. The lowest BCUT2D eigenvalue weighted by Gasteiger charge is -2.29. The molecule has 2 aromatic carbocycles. The predicted octanol–water partition coefficient (Wildman–Crippen LogP) is 6.81. The second-order valence-electron chi connectivity index (χ2n) is 10.4. The molecular weight excluding hydrogens is 574 g/mol. The molecule has 0 unspecified atom stereocenters. The van der Waals surface area contributed by atoms with Crippen molar-refractivity contribution in [1.29, 1.82) is 0 Å². The maximum Gasteiger partial charge on any atom is 0.229 e. The van der Waals surface area contributed by atoms with Crippen LogP contribution in [0.5, 0.6) is 5.75 Å². The topological polar surface area (TPSA) is 71.4 Å². The van der Waals surface area contributed by atoms with E-state index in [9.17, 15) is 4.79 Å². The molecule has 2 atom stereocenters. The Morgan fingerprint density at radius 2 is 1.79 bits per heavy atom. The standard InChI is InChI=1S/C30H30BrN5O2S/c1-30(2,3)28(37)33-22-15-14-21(18-25(22)38-4)36-27(26(34-29(36)39)23-8-5-6-16-32-23)24-9-7-17-35(24)20-12-10-19(31)11-13-20/h5-18,26-27H,1-4H3,(H,33,37)(H,34,39)/t26-,27-/m1/s1. The summed E-state index contributed by atoms with van der Waals surface area (Å²) in [5.74, 6) is 0.462. The fourth-order valence-corrected chi connectivity index (χ4v) is 5.26. The number of ether oxygens (including phenoxy) is 1. The Kier molecular flexibility index (Phi) is 7.46. The third-order valence-corrected chi connectivity index (χ3v) is 7.52. The van der Waals surface area contributed by atoms with Gasteiger partial charge in [-0.3, -0.25) is 9.78 Å². The molecule has 7 nitrogen and oxygen atoms in total. The number of carbonyl (C=O) groups is 1. The van der Waals surface area contributed by atoms with E-state index in [0.717, 1.165) is 27.2 Å². The minimum atomic E-state index is -0.538. The second-order valence-corrected chi connectivity index (χ2v) is 11.7. The number of pyridine rings is 1. The molecule has 0 radical (unpaired) electrons. The summed E-state index contributed by atoms with van der Waals surface area (Å²) in [4.78, 5) is 19.4. The van der Waals surface area contributed by atoms with Crippen LogP contribution in [0.3, 0.4) is 0 Å². The summed E-state index contributed by atoms with van der Waals surface area (Å²) in [5, 5.41) is 7.08. The highest BCUT2D eigenvalue weighted by molar-refractivity contribution is 9.10. The van der Waals surface area contributed by atoms with Crippen LogP contribution in [0.1, 0.15) is 44.2 Å². The highest BCUT2D eigenvalue weighted by atomic mass is 79.9. The average molecular weight is 605 g/mol. The number of rotatable bonds is 6. The number of hydrogen-bond acceptors (Lipinski definition) is 4. The molecular formula is C30H30BrN5O2S. The zero-order valence-corrected chi connectivity index (χ0v) is 24.6. The van der Waals surface area contributed by atoms with E-state index in [2.05, 4.69) is 65.4 Å². The third kappa shape index (κ3) is 5.42. The van der Waals surface area contributed by atoms with Crippen molar-refractivity contribution in [2.24, 2.45) is 5.41 Å². The van der Waals surface area contributed by atoms with E-state index in [1.807, 2.05) is 75.4 Å². The molecule has 1 amide bonds. The molecule has 5 rings (SSSR count). The van der Waals surface area contributed by atoms with Crippen LogP contribution >= 0.6 is 28.1 Å². The Morgan fingerprint density at radius 1 is 1.05 bits per heavy atom. The van der Waals surface area contributed by atoms with Gasteiger partial charge in [0.1, 0.15) is 11.8 Å². The number of benzene rings is 2. The van der Waals surface area contributed by atoms with Gasteiger partial charge in [0, 0.05) is 45.4 Å². The van der Waals surface area contributed by atoms with Crippen LogP contribution in [0.4, 0.5) is 11.4 Å². The Hall–Kier alpha value is -3.69. The van der Waals surface area contributed by atoms with E-state index in [1.54, 1.807) is 13.3 Å². The lowest BCUT2D eigenvalue weighted by molar-refractivity contribution is -0.123. The molecule has 1 fully saturated rings. The molecule has 0 aliphatic carbocycles. The lowest BCUT2D eigenvalue weighted by Crippen LogP contribution is -2.30. The van der Waals surface area contributed by atoms with Crippen LogP contribution in [0.2, 0.25) is 0 Å². The minimum absolute atomic E-state index is 0.0904. The van der Waals surface area contributed by atoms with Gasteiger partial charge >= 0.3 is 0 Å². The second kappa shape index (κ2) is 10.8. The minimum Gasteiger partial charge on any atom is -0.494 e.